The van der Waals surface area contributed by atoms with Crippen molar-refractivity contribution in [2.45, 2.75) is 38.8 Å². The van der Waals surface area contributed by atoms with Crippen LogP contribution < -0.4 is 27.5 Å². The maximum absolute atomic E-state index is 13.9. The number of nitrogens with two attached hydrogens (primary N) is 2. The van der Waals surface area contributed by atoms with E-state index in [4.69, 9.17) is 28.4 Å². The average molecular weight is 621 g/mol. The molecule has 1 amide bonds. The zero-order chi connectivity index (χ0) is 31.5. The smallest absolute Gasteiger partial charge is 0.333 e. The number of nitriles is 1. The number of pyridine rings is 1. The number of alkyl halides is 2. The van der Waals surface area contributed by atoms with Gasteiger partial charge in [-0.1, -0.05) is 24.9 Å². The minimum absolute atomic E-state index is 0.0234. The number of fused-ring (bicyclic) bond motifs is 4. The Morgan fingerprint density at radius 1 is 1.23 bits per heavy atom. The van der Waals surface area contributed by atoms with E-state index >= 15 is 0 Å². The monoisotopic (exact) mass is 620 g/mol. The van der Waals surface area contributed by atoms with Crippen LogP contribution in [0.15, 0.2) is 71.8 Å². The summed E-state index contributed by atoms with van der Waals surface area (Å²) in [7, 11) is 0. The van der Waals surface area contributed by atoms with Crippen molar-refractivity contribution in [3.63, 3.8) is 0 Å². The van der Waals surface area contributed by atoms with Crippen molar-refractivity contribution < 1.29 is 13.6 Å². The topological polar surface area (TPSA) is 174 Å². The van der Waals surface area contributed by atoms with Gasteiger partial charge in [0.1, 0.15) is 11.8 Å². The van der Waals surface area contributed by atoms with Crippen LogP contribution in [0.3, 0.4) is 0 Å². The summed E-state index contributed by atoms with van der Waals surface area (Å²) in [6, 6.07) is 10.4. The van der Waals surface area contributed by atoms with Crippen LogP contribution in [0.4, 0.5) is 20.2 Å². The summed E-state index contributed by atoms with van der Waals surface area (Å²) >= 11 is 6.25. The molecular weight excluding hydrogens is 594 g/mol. The number of halogens is 3. The van der Waals surface area contributed by atoms with Crippen LogP contribution in [0.1, 0.15) is 44.5 Å². The molecule has 5 N–H and O–H groups in total. The molecule has 226 valence electrons. The fourth-order valence-electron chi connectivity index (χ4n) is 5.08. The number of rotatable bonds is 5. The quantitative estimate of drug-likeness (QED) is 0.164. The highest BCUT2D eigenvalue weighted by Crippen LogP contribution is 2.35. The summed E-state index contributed by atoms with van der Waals surface area (Å²) in [6.45, 7) is -1.21. The Morgan fingerprint density at radius 2 is 2.02 bits per heavy atom. The van der Waals surface area contributed by atoms with Crippen LogP contribution in [0.5, 0.6) is 0 Å². The van der Waals surface area contributed by atoms with Crippen LogP contribution in [0, 0.1) is 17.2 Å². The molecule has 0 saturated heterocycles. The molecule has 2 unspecified atom stereocenters. The molecule has 0 spiro atoms. The lowest BCUT2D eigenvalue weighted by Crippen LogP contribution is -2.28. The van der Waals surface area contributed by atoms with Crippen molar-refractivity contribution in [3.05, 3.63) is 88.1 Å². The van der Waals surface area contributed by atoms with Gasteiger partial charge in [0, 0.05) is 34.3 Å². The second-order valence-corrected chi connectivity index (χ2v) is 10.7. The third-order valence-electron chi connectivity index (χ3n) is 7.29. The number of hydrazine groups is 1. The van der Waals surface area contributed by atoms with Crippen LogP contribution in [0.2, 0.25) is 5.02 Å². The second-order valence-electron chi connectivity index (χ2n) is 10.2. The molecule has 2 atom stereocenters. The standard InChI is InChI=1S/C29H27ClF2N10O2/c1-16-3-2-4-25(22-9-17(7-8-36-22)27-23(39-28(16)44)13-38-42(27)29(31)32)40-15-37-21(11-26(40)43)20-10-18(30)5-6-24(20)41(35)14-19(34)12-33/h5-11,13-16,25,29H,2-4,34-35H2,1H3,(H,39,44)/b19-14-. The lowest BCUT2D eigenvalue weighted by atomic mass is 9.97. The van der Waals surface area contributed by atoms with Crippen LogP contribution in [-0.2, 0) is 4.79 Å². The van der Waals surface area contributed by atoms with Crippen LogP contribution >= 0.6 is 11.6 Å². The molecule has 1 aliphatic heterocycles. The third-order valence-corrected chi connectivity index (χ3v) is 7.52. The van der Waals surface area contributed by atoms with Crippen molar-refractivity contribution >= 4 is 28.9 Å². The van der Waals surface area contributed by atoms with Gasteiger partial charge in [-0.15, -0.1) is 0 Å². The minimum Gasteiger partial charge on any atom is -0.389 e. The lowest BCUT2D eigenvalue weighted by molar-refractivity contribution is -0.119. The molecule has 44 heavy (non-hydrogen) atoms. The number of anilines is 2. The van der Waals surface area contributed by atoms with Gasteiger partial charge in [-0.25, -0.2) is 15.5 Å². The van der Waals surface area contributed by atoms with E-state index < -0.39 is 24.1 Å². The Hall–Kier alpha value is -5.13. The zero-order valence-corrected chi connectivity index (χ0v) is 24.1. The van der Waals surface area contributed by atoms with E-state index in [1.54, 1.807) is 37.3 Å². The first-order chi connectivity index (χ1) is 21.1. The SMILES string of the molecule is CC1CCCC(n2cnc(-c3cc(Cl)ccc3N(N)/C=C(\N)C#N)cc2=O)c2cc(ccn2)-c2c(cnn2C(F)F)NC1=O. The predicted molar refractivity (Wildman–Crippen MR) is 160 cm³/mol. The Morgan fingerprint density at radius 3 is 2.75 bits per heavy atom. The summed E-state index contributed by atoms with van der Waals surface area (Å²) in [6.07, 6.45) is 6.69. The van der Waals surface area contributed by atoms with Crippen LogP contribution in [-0.4, -0.2) is 30.2 Å². The van der Waals surface area contributed by atoms with Gasteiger partial charge < -0.3 is 11.1 Å². The fraction of sp³-hybridized carbons (Fsp3) is 0.241. The maximum atomic E-state index is 13.9. The summed E-state index contributed by atoms with van der Waals surface area (Å²) in [5.74, 6) is 5.36. The first kappa shape index (κ1) is 30.3. The third kappa shape index (κ3) is 6.14. The number of carbonyl (C=O) groups is 1. The van der Waals surface area contributed by atoms with E-state index in [1.165, 1.54) is 41.6 Å². The molecule has 5 rings (SSSR count). The van der Waals surface area contributed by atoms with Crippen molar-refractivity contribution in [2.75, 3.05) is 10.3 Å². The Labute approximate surface area is 255 Å². The molecule has 0 saturated carbocycles. The first-order valence-electron chi connectivity index (χ1n) is 13.5. The zero-order valence-electron chi connectivity index (χ0n) is 23.4. The predicted octanol–water partition coefficient (Wildman–Crippen LogP) is 4.57. The molecule has 3 aromatic heterocycles. The molecule has 2 bridgehead atoms. The van der Waals surface area contributed by atoms with E-state index in [1.807, 2.05) is 0 Å². The Balaban J connectivity index is 1.60. The lowest BCUT2D eigenvalue weighted by Gasteiger charge is -2.23. The molecule has 4 aromatic rings. The summed E-state index contributed by atoms with van der Waals surface area (Å²) in [5, 5.41) is 17.1. The highest BCUT2D eigenvalue weighted by molar-refractivity contribution is 6.31. The second kappa shape index (κ2) is 12.6. The summed E-state index contributed by atoms with van der Waals surface area (Å²) in [5.41, 5.74) is 7.08. The molecular formula is C29H27ClF2N10O2. The van der Waals surface area contributed by atoms with Crippen molar-refractivity contribution in [3.8, 4) is 28.6 Å². The van der Waals surface area contributed by atoms with Gasteiger partial charge in [0.15, 0.2) is 0 Å². The highest BCUT2D eigenvalue weighted by atomic mass is 35.5. The molecule has 0 aliphatic carbocycles. The van der Waals surface area contributed by atoms with Gasteiger partial charge in [0.2, 0.25) is 5.91 Å². The van der Waals surface area contributed by atoms with Crippen molar-refractivity contribution in [2.24, 2.45) is 17.5 Å². The number of hydrogen-bond acceptors (Lipinski definition) is 9. The number of nitrogens with zero attached hydrogens (tertiary/aromatic N) is 7. The molecule has 12 nitrogen and oxygen atoms in total. The normalized spacial score (nSPS) is 17.2. The number of nitrogens with one attached hydrogen (secondary N) is 1. The summed E-state index contributed by atoms with van der Waals surface area (Å²) in [4.78, 5) is 35.6. The number of carbonyl (C=O) groups excluding carboxylic acids is 1. The number of hydrogen-bond donors (Lipinski definition) is 3. The van der Waals surface area contributed by atoms with E-state index in [-0.39, 0.29) is 28.7 Å². The van der Waals surface area contributed by atoms with Gasteiger partial charge in [-0.05, 0) is 43.2 Å². The highest BCUT2D eigenvalue weighted by Gasteiger charge is 2.26. The van der Waals surface area contributed by atoms with Gasteiger partial charge in [0.05, 0.1) is 53.2 Å². The number of aromatic nitrogens is 5. The van der Waals surface area contributed by atoms with Gasteiger partial charge >= 0.3 is 6.55 Å². The van der Waals surface area contributed by atoms with E-state index in [0.717, 1.165) is 5.01 Å². The number of amides is 1. The average Bonchev–Trinajstić information content (AvgIpc) is 3.42. The maximum Gasteiger partial charge on any atom is 0.333 e. The van der Waals surface area contributed by atoms with Gasteiger partial charge in [-0.2, -0.15) is 19.1 Å². The molecule has 0 fully saturated rings. The van der Waals surface area contributed by atoms with Crippen molar-refractivity contribution in [1.29, 1.82) is 5.26 Å². The molecule has 1 aliphatic rings. The molecule has 1 aromatic carbocycles. The number of allylic oxidation sites excluding steroid dienone is 1. The van der Waals surface area contributed by atoms with Gasteiger partial charge in [0.25, 0.3) is 5.56 Å². The minimum atomic E-state index is -2.96. The Bertz CT molecular complexity index is 1850. The number of benzene rings is 1. The fourth-order valence-corrected chi connectivity index (χ4v) is 5.25. The van der Waals surface area contributed by atoms with Crippen LogP contribution in [0.25, 0.3) is 22.5 Å². The Kier molecular flexibility index (Phi) is 8.70. The molecule has 15 heteroatoms. The van der Waals surface area contributed by atoms with E-state index in [0.29, 0.717) is 51.5 Å². The molecule has 0 radical (unpaired) electrons. The molecule has 4 heterocycles. The van der Waals surface area contributed by atoms with E-state index in [9.17, 15) is 18.4 Å². The van der Waals surface area contributed by atoms with Gasteiger partial charge in [-0.3, -0.25) is 24.1 Å². The first-order valence-corrected chi connectivity index (χ1v) is 13.9. The van der Waals surface area contributed by atoms with Crippen molar-refractivity contribution in [1.82, 2.24) is 24.3 Å². The largest absolute Gasteiger partial charge is 0.389 e. The summed E-state index contributed by atoms with van der Waals surface area (Å²) < 4.78 is 29.8. The van der Waals surface area contributed by atoms with E-state index in [2.05, 4.69) is 20.4 Å².